The van der Waals surface area contributed by atoms with Crippen LogP contribution in [-0.4, -0.2) is 48.9 Å². The quantitative estimate of drug-likeness (QED) is 0.425. The first-order chi connectivity index (χ1) is 17.0. The molecule has 0 radical (unpaired) electrons. The van der Waals surface area contributed by atoms with Crippen LogP contribution in [0.15, 0.2) is 72.8 Å². The lowest BCUT2D eigenvalue weighted by Crippen LogP contribution is -2.53. The molecule has 0 aliphatic carbocycles. The van der Waals surface area contributed by atoms with E-state index in [9.17, 15) is 4.79 Å². The van der Waals surface area contributed by atoms with Gasteiger partial charge in [0.1, 0.15) is 12.4 Å². The third-order valence-corrected chi connectivity index (χ3v) is 6.71. The van der Waals surface area contributed by atoms with E-state index in [-0.39, 0.29) is 31.3 Å². The van der Waals surface area contributed by atoms with Gasteiger partial charge in [0.15, 0.2) is 0 Å². The van der Waals surface area contributed by atoms with Crippen molar-refractivity contribution in [3.63, 3.8) is 0 Å². The highest BCUT2D eigenvalue weighted by molar-refractivity contribution is 6.33. The molecule has 2 N–H and O–H groups in total. The Morgan fingerprint density at radius 3 is 2.51 bits per heavy atom. The summed E-state index contributed by atoms with van der Waals surface area (Å²) >= 11 is 12.8. The first-order valence-corrected chi connectivity index (χ1v) is 12.4. The number of rotatable bonds is 7. The number of carbonyl (C=O) groups excluding carboxylic acids is 1. The zero-order valence-corrected chi connectivity index (χ0v) is 21.0. The molecule has 184 valence electrons. The van der Waals surface area contributed by atoms with Gasteiger partial charge in [-0.1, -0.05) is 65.7 Å². The summed E-state index contributed by atoms with van der Waals surface area (Å²) in [4.78, 5) is 17.2. The van der Waals surface area contributed by atoms with Crippen molar-refractivity contribution in [2.24, 2.45) is 0 Å². The summed E-state index contributed by atoms with van der Waals surface area (Å²) in [7, 11) is 0. The van der Waals surface area contributed by atoms with Crippen molar-refractivity contribution < 1.29 is 14.6 Å². The molecule has 8 heteroatoms. The Kier molecular flexibility index (Phi) is 8.39. The largest absolute Gasteiger partial charge is 0.491 e. The fraction of sp³-hybridized carbons (Fsp3) is 0.296. The smallest absolute Gasteiger partial charge is 0.318 e. The molecule has 6 nitrogen and oxygen atoms in total. The van der Waals surface area contributed by atoms with Gasteiger partial charge in [0.25, 0.3) is 0 Å². The number of urea groups is 1. The lowest BCUT2D eigenvalue weighted by Gasteiger charge is -2.43. The minimum atomic E-state index is -0.111. The highest BCUT2D eigenvalue weighted by Crippen LogP contribution is 2.37. The van der Waals surface area contributed by atoms with Gasteiger partial charge in [-0.3, -0.25) is 0 Å². The molecular weight excluding hydrogens is 485 g/mol. The number of hydrogen-bond acceptors (Lipinski definition) is 4. The third-order valence-electron chi connectivity index (χ3n) is 6.15. The molecular formula is C27H29Cl2N3O3. The molecule has 4 rings (SSSR count). The average molecular weight is 514 g/mol. The number of piperazine rings is 1. The van der Waals surface area contributed by atoms with Gasteiger partial charge in [-0.05, 0) is 42.3 Å². The number of halogens is 2. The number of nitrogens with zero attached hydrogens (tertiary/aromatic N) is 2. The van der Waals surface area contributed by atoms with E-state index in [0.29, 0.717) is 35.4 Å². The maximum absolute atomic E-state index is 13.2. The van der Waals surface area contributed by atoms with Gasteiger partial charge in [0, 0.05) is 30.7 Å². The Bertz CT molecular complexity index is 1130. The van der Waals surface area contributed by atoms with Gasteiger partial charge in [-0.2, -0.15) is 0 Å². The van der Waals surface area contributed by atoms with Crippen molar-refractivity contribution in [3.8, 4) is 5.75 Å². The molecule has 0 saturated carbocycles. The summed E-state index contributed by atoms with van der Waals surface area (Å²) in [5.41, 5.74) is 2.96. The molecule has 1 aliphatic rings. The standard InChI is InChI=1S/C27H29Cl2N3O3/c1-19(20-5-3-2-4-6-20)30-27(34)31-13-14-32(26(18-31)21-7-9-22(28)10-8-21)25-12-11-23(17-24(25)29)35-16-15-33/h2-12,17,19,26,33H,13-16,18H2,1H3,(H,30,34)/t19-,26-/m0/s1. The van der Waals surface area contributed by atoms with Crippen molar-refractivity contribution in [1.82, 2.24) is 10.2 Å². The summed E-state index contributed by atoms with van der Waals surface area (Å²) in [6.07, 6.45) is 0. The highest BCUT2D eigenvalue weighted by atomic mass is 35.5. The number of amides is 2. The topological polar surface area (TPSA) is 65.0 Å². The molecule has 0 unspecified atom stereocenters. The molecule has 1 fully saturated rings. The van der Waals surface area contributed by atoms with Gasteiger partial charge in [0.2, 0.25) is 0 Å². The predicted molar refractivity (Wildman–Crippen MR) is 141 cm³/mol. The second-order valence-electron chi connectivity index (χ2n) is 8.47. The molecule has 0 bridgehead atoms. The molecule has 1 saturated heterocycles. The van der Waals surface area contributed by atoms with Crippen LogP contribution in [0.5, 0.6) is 5.75 Å². The normalized spacial score (nSPS) is 16.6. The first kappa shape index (κ1) is 25.2. The van der Waals surface area contributed by atoms with Gasteiger partial charge >= 0.3 is 6.03 Å². The van der Waals surface area contributed by atoms with Crippen LogP contribution in [0.2, 0.25) is 10.0 Å². The second kappa shape index (κ2) is 11.7. The Balaban J connectivity index is 1.55. The lowest BCUT2D eigenvalue weighted by atomic mass is 10.0. The monoisotopic (exact) mass is 513 g/mol. The molecule has 2 amide bonds. The maximum Gasteiger partial charge on any atom is 0.318 e. The van der Waals surface area contributed by atoms with Crippen molar-refractivity contribution in [2.75, 3.05) is 37.7 Å². The number of nitrogens with one attached hydrogen (secondary N) is 1. The Hall–Kier alpha value is -2.93. The number of anilines is 1. The molecule has 35 heavy (non-hydrogen) atoms. The number of carbonyl (C=O) groups is 1. The van der Waals surface area contributed by atoms with Crippen LogP contribution in [0.3, 0.4) is 0 Å². The van der Waals surface area contributed by atoms with E-state index < -0.39 is 0 Å². The van der Waals surface area contributed by atoms with E-state index in [1.165, 1.54) is 0 Å². The summed E-state index contributed by atoms with van der Waals surface area (Å²) in [6, 6.07) is 22.8. The second-order valence-corrected chi connectivity index (χ2v) is 9.32. The van der Waals surface area contributed by atoms with Crippen molar-refractivity contribution in [2.45, 2.75) is 19.0 Å². The van der Waals surface area contributed by atoms with Crippen LogP contribution in [0.25, 0.3) is 0 Å². The molecule has 0 aromatic heterocycles. The van der Waals surface area contributed by atoms with Crippen molar-refractivity contribution in [1.29, 1.82) is 0 Å². The number of benzene rings is 3. The van der Waals surface area contributed by atoms with E-state index in [2.05, 4.69) is 10.2 Å². The molecule has 1 heterocycles. The molecule has 2 atom stereocenters. The fourth-order valence-electron chi connectivity index (χ4n) is 4.30. The SMILES string of the molecule is C[C@H](NC(=O)N1CCN(c2ccc(OCCO)cc2Cl)[C@H](c2ccc(Cl)cc2)C1)c1ccccc1. The molecule has 1 aliphatic heterocycles. The predicted octanol–water partition coefficient (Wildman–Crippen LogP) is 5.70. The van der Waals surface area contributed by atoms with Gasteiger partial charge in [-0.25, -0.2) is 4.79 Å². The molecule has 0 spiro atoms. The van der Waals surface area contributed by atoms with Crippen LogP contribution in [-0.2, 0) is 0 Å². The minimum absolute atomic E-state index is 0.0646. The van der Waals surface area contributed by atoms with E-state index in [1.54, 1.807) is 6.07 Å². The van der Waals surface area contributed by atoms with Crippen molar-refractivity contribution >= 4 is 34.9 Å². The highest BCUT2D eigenvalue weighted by Gasteiger charge is 2.32. The minimum Gasteiger partial charge on any atom is -0.491 e. The van der Waals surface area contributed by atoms with Crippen LogP contribution in [0.1, 0.15) is 30.1 Å². The van der Waals surface area contributed by atoms with Gasteiger partial charge in [-0.15, -0.1) is 0 Å². The van der Waals surface area contributed by atoms with Crippen LogP contribution < -0.4 is 15.0 Å². The Morgan fingerprint density at radius 1 is 1.09 bits per heavy atom. The van der Waals surface area contributed by atoms with E-state index in [0.717, 1.165) is 16.8 Å². The Morgan fingerprint density at radius 2 is 1.83 bits per heavy atom. The van der Waals surface area contributed by atoms with E-state index in [1.807, 2.05) is 78.6 Å². The molecule has 3 aromatic rings. The summed E-state index contributed by atoms with van der Waals surface area (Å²) in [6.45, 7) is 3.78. The van der Waals surface area contributed by atoms with Crippen molar-refractivity contribution in [3.05, 3.63) is 94.0 Å². The summed E-state index contributed by atoms with van der Waals surface area (Å²) < 4.78 is 5.50. The summed E-state index contributed by atoms with van der Waals surface area (Å²) in [5, 5.41) is 13.3. The number of aliphatic hydroxyl groups is 1. The maximum atomic E-state index is 13.2. The van der Waals surface area contributed by atoms with Crippen LogP contribution in [0.4, 0.5) is 10.5 Å². The average Bonchev–Trinajstić information content (AvgIpc) is 2.88. The Labute approximate surface area is 216 Å². The molecule has 3 aromatic carbocycles. The van der Waals surface area contributed by atoms with Gasteiger partial charge < -0.3 is 25.0 Å². The van der Waals surface area contributed by atoms with Crippen LogP contribution in [0, 0.1) is 0 Å². The zero-order chi connectivity index (χ0) is 24.8. The van der Waals surface area contributed by atoms with Crippen LogP contribution >= 0.6 is 23.2 Å². The lowest BCUT2D eigenvalue weighted by molar-refractivity contribution is 0.182. The number of hydrogen-bond donors (Lipinski definition) is 2. The fourth-order valence-corrected chi connectivity index (χ4v) is 4.71. The van der Waals surface area contributed by atoms with E-state index >= 15 is 0 Å². The summed E-state index contributed by atoms with van der Waals surface area (Å²) in [5.74, 6) is 0.601. The zero-order valence-electron chi connectivity index (χ0n) is 19.5. The first-order valence-electron chi connectivity index (χ1n) is 11.6. The van der Waals surface area contributed by atoms with E-state index in [4.69, 9.17) is 33.0 Å². The number of aliphatic hydroxyl groups excluding tert-OH is 1. The van der Waals surface area contributed by atoms with Gasteiger partial charge in [0.05, 0.1) is 29.4 Å². The number of ether oxygens (including phenoxy) is 1. The third kappa shape index (κ3) is 6.20.